The molecule has 1 heterocycles. The summed E-state index contributed by atoms with van der Waals surface area (Å²) in [6, 6.07) is 4.12. The zero-order valence-electron chi connectivity index (χ0n) is 15.0. The molecule has 144 valence electrons. The first-order chi connectivity index (χ1) is 11.8. The van der Waals surface area contributed by atoms with E-state index in [9.17, 15) is 0 Å². The first-order valence-corrected chi connectivity index (χ1v) is 8.99. The van der Waals surface area contributed by atoms with E-state index in [0.717, 1.165) is 43.8 Å². The second-order valence-electron chi connectivity index (χ2n) is 5.86. The zero-order valence-corrected chi connectivity index (χ0v) is 15.0. The summed E-state index contributed by atoms with van der Waals surface area (Å²) < 4.78 is 27.6. The van der Waals surface area contributed by atoms with Crippen molar-refractivity contribution < 1.29 is 23.7 Å². The van der Waals surface area contributed by atoms with Crippen LogP contribution in [0.15, 0.2) is 12.1 Å². The van der Waals surface area contributed by atoms with Crippen LogP contribution < -0.4 is 9.47 Å². The van der Waals surface area contributed by atoms with Crippen molar-refractivity contribution in [3.8, 4) is 11.5 Å². The van der Waals surface area contributed by atoms with Crippen LogP contribution in [0.4, 0.5) is 0 Å². The standard InChI is InChI=1S/C19H30O5.GeH4/c1-3-5-7-20-8-9-21-10-11-22-14-17-13-19-18(23-15-24-19)12-16(17)6-4-2;/h12-13H,3-11,14-15H2,1-2H3;1H4. The zero-order chi connectivity index (χ0) is 17.0. The average Bonchev–Trinajstić information content (AvgIpc) is 3.04. The Kier molecular flexibility index (Phi) is 12.0. The van der Waals surface area contributed by atoms with Crippen LogP contribution in [0.25, 0.3) is 0 Å². The number of rotatable bonds is 13. The molecule has 0 radical (unpaired) electrons. The Morgan fingerprint density at radius 1 is 0.800 bits per heavy atom. The second kappa shape index (κ2) is 13.4. The average molecular weight is 415 g/mol. The van der Waals surface area contributed by atoms with Crippen molar-refractivity contribution in [1.29, 1.82) is 0 Å². The summed E-state index contributed by atoms with van der Waals surface area (Å²) in [5.74, 6) is 1.66. The van der Waals surface area contributed by atoms with Crippen molar-refractivity contribution in [2.24, 2.45) is 0 Å². The number of benzene rings is 1. The fraction of sp³-hybridized carbons (Fsp3) is 0.684. The molecular weight excluding hydrogens is 381 g/mol. The first-order valence-electron chi connectivity index (χ1n) is 8.99. The van der Waals surface area contributed by atoms with Crippen LogP contribution in [0.1, 0.15) is 44.2 Å². The fourth-order valence-electron chi connectivity index (χ4n) is 2.53. The van der Waals surface area contributed by atoms with Crippen LogP contribution in [0.3, 0.4) is 0 Å². The first kappa shape index (κ1) is 22.3. The second-order valence-corrected chi connectivity index (χ2v) is 5.86. The number of aryl methyl sites for hydroxylation is 1. The molecule has 0 N–H and O–H groups in total. The Balaban J connectivity index is 0.00000312. The van der Waals surface area contributed by atoms with E-state index in [1.54, 1.807) is 0 Å². The molecule has 6 heteroatoms. The molecular formula is C19H34GeO5. The molecule has 5 nitrogen and oxygen atoms in total. The molecule has 0 aliphatic carbocycles. The number of hydrogen-bond acceptors (Lipinski definition) is 5. The van der Waals surface area contributed by atoms with E-state index in [0.29, 0.717) is 39.8 Å². The number of ether oxygens (including phenoxy) is 5. The van der Waals surface area contributed by atoms with E-state index in [-0.39, 0.29) is 17.6 Å². The molecule has 0 unspecified atom stereocenters. The molecule has 1 aromatic carbocycles. The predicted molar refractivity (Wildman–Crippen MR) is 104 cm³/mol. The minimum atomic E-state index is 0. The van der Waals surface area contributed by atoms with Gasteiger partial charge in [-0.25, -0.2) is 0 Å². The van der Waals surface area contributed by atoms with Gasteiger partial charge in [0.1, 0.15) is 0 Å². The quantitative estimate of drug-likeness (QED) is 0.366. The van der Waals surface area contributed by atoms with Gasteiger partial charge in [0.2, 0.25) is 6.79 Å². The summed E-state index contributed by atoms with van der Waals surface area (Å²) in [6.45, 7) is 8.47. The third kappa shape index (κ3) is 7.98. The van der Waals surface area contributed by atoms with E-state index < -0.39 is 0 Å². The van der Waals surface area contributed by atoms with Gasteiger partial charge in [-0.05, 0) is 36.1 Å². The Morgan fingerprint density at radius 2 is 1.40 bits per heavy atom. The molecule has 0 saturated carbocycles. The Labute approximate surface area is 162 Å². The van der Waals surface area contributed by atoms with Crippen molar-refractivity contribution in [2.75, 3.05) is 39.8 Å². The van der Waals surface area contributed by atoms with Crippen molar-refractivity contribution in [1.82, 2.24) is 0 Å². The van der Waals surface area contributed by atoms with E-state index >= 15 is 0 Å². The van der Waals surface area contributed by atoms with Gasteiger partial charge >= 0.3 is 17.6 Å². The summed E-state index contributed by atoms with van der Waals surface area (Å²) in [5, 5.41) is 0. The topological polar surface area (TPSA) is 46.2 Å². The van der Waals surface area contributed by atoms with Gasteiger partial charge < -0.3 is 23.7 Å². The number of hydrogen-bond donors (Lipinski definition) is 0. The summed E-state index contributed by atoms with van der Waals surface area (Å²) in [6.07, 6.45) is 4.38. The number of fused-ring (bicyclic) bond motifs is 1. The monoisotopic (exact) mass is 416 g/mol. The van der Waals surface area contributed by atoms with E-state index in [2.05, 4.69) is 19.9 Å². The van der Waals surface area contributed by atoms with Crippen LogP contribution >= 0.6 is 0 Å². The molecule has 2 rings (SSSR count). The Hall–Kier alpha value is -0.757. The molecule has 0 amide bonds. The summed E-state index contributed by atoms with van der Waals surface area (Å²) >= 11 is 0. The van der Waals surface area contributed by atoms with E-state index in [1.165, 1.54) is 11.1 Å². The molecule has 0 spiro atoms. The fourth-order valence-corrected chi connectivity index (χ4v) is 2.53. The van der Waals surface area contributed by atoms with Crippen LogP contribution in [0.5, 0.6) is 11.5 Å². The molecule has 1 aromatic rings. The van der Waals surface area contributed by atoms with Crippen LogP contribution in [-0.4, -0.2) is 57.4 Å². The molecule has 0 bridgehead atoms. The third-order valence-electron chi connectivity index (χ3n) is 3.86. The number of unbranched alkanes of at least 4 members (excludes halogenated alkanes) is 1. The van der Waals surface area contributed by atoms with Crippen molar-refractivity contribution in [3.05, 3.63) is 23.3 Å². The van der Waals surface area contributed by atoms with Crippen LogP contribution in [-0.2, 0) is 27.2 Å². The summed E-state index contributed by atoms with van der Waals surface area (Å²) in [5.41, 5.74) is 2.44. The van der Waals surface area contributed by atoms with Gasteiger partial charge in [-0.15, -0.1) is 0 Å². The molecule has 1 aliphatic heterocycles. The Morgan fingerprint density at radius 3 is 2.04 bits per heavy atom. The maximum absolute atomic E-state index is 5.75. The predicted octanol–water partition coefficient (Wildman–Crippen LogP) is 2.27. The van der Waals surface area contributed by atoms with Crippen molar-refractivity contribution >= 4 is 17.6 Å². The van der Waals surface area contributed by atoms with Crippen molar-refractivity contribution in [3.63, 3.8) is 0 Å². The molecule has 0 fully saturated rings. The van der Waals surface area contributed by atoms with Crippen LogP contribution in [0, 0.1) is 0 Å². The summed E-state index contributed by atoms with van der Waals surface area (Å²) in [4.78, 5) is 0. The minimum absolute atomic E-state index is 0. The SMILES string of the molecule is CCCCOCCOCCOCc1cc2c(cc1CCC)OCO2.[GeH4]. The van der Waals surface area contributed by atoms with Gasteiger partial charge in [0.05, 0.1) is 33.0 Å². The van der Waals surface area contributed by atoms with Gasteiger partial charge in [0.25, 0.3) is 0 Å². The van der Waals surface area contributed by atoms with Gasteiger partial charge in [0.15, 0.2) is 11.5 Å². The summed E-state index contributed by atoms with van der Waals surface area (Å²) in [7, 11) is 0. The van der Waals surface area contributed by atoms with E-state index in [1.807, 2.05) is 6.07 Å². The van der Waals surface area contributed by atoms with Gasteiger partial charge in [-0.3, -0.25) is 0 Å². The maximum atomic E-state index is 5.75. The molecule has 0 atom stereocenters. The van der Waals surface area contributed by atoms with Gasteiger partial charge in [-0.2, -0.15) is 0 Å². The van der Waals surface area contributed by atoms with E-state index in [4.69, 9.17) is 23.7 Å². The molecule has 0 saturated heterocycles. The van der Waals surface area contributed by atoms with Gasteiger partial charge in [0, 0.05) is 6.61 Å². The molecule has 0 aromatic heterocycles. The molecule has 1 aliphatic rings. The normalized spacial score (nSPS) is 12.2. The third-order valence-corrected chi connectivity index (χ3v) is 3.86. The van der Waals surface area contributed by atoms with Crippen molar-refractivity contribution in [2.45, 2.75) is 46.1 Å². The molecule has 25 heavy (non-hydrogen) atoms. The van der Waals surface area contributed by atoms with Crippen LogP contribution in [0.2, 0.25) is 0 Å². The Bertz CT molecular complexity index is 481. The van der Waals surface area contributed by atoms with Gasteiger partial charge in [-0.1, -0.05) is 26.7 Å².